The number of fused-ring (bicyclic) bond motifs is 3. The molecule has 0 N–H and O–H groups in total. The van der Waals surface area contributed by atoms with E-state index in [4.69, 9.17) is 12.2 Å². The molecule has 0 radical (unpaired) electrons. The maximum absolute atomic E-state index is 12.6. The van der Waals surface area contributed by atoms with Crippen molar-refractivity contribution in [1.82, 2.24) is 19.4 Å². The van der Waals surface area contributed by atoms with Gasteiger partial charge in [0.1, 0.15) is 0 Å². The normalized spacial score (nSPS) is 15.0. The third-order valence-electron chi connectivity index (χ3n) is 5.20. The standard InChI is InChI=1S/C22H16N4O2SSe/c1-24-20(27)16(21(28)25(2)22(24)29)12-13-9-10-18(30-13)26-17-8-4-3-6-14(17)15-7-5-11-23-19(15)26/h3-12H,1-2H3. The van der Waals surface area contributed by atoms with E-state index in [1.807, 2.05) is 30.3 Å². The van der Waals surface area contributed by atoms with Crippen molar-refractivity contribution in [3.05, 3.63) is 64.7 Å². The summed E-state index contributed by atoms with van der Waals surface area (Å²) in [6.45, 7) is 0. The van der Waals surface area contributed by atoms with Crippen molar-refractivity contribution >= 4 is 71.7 Å². The number of likely N-dealkylation sites (N-methyl/N-ethyl adjacent to an activating group) is 2. The second kappa shape index (κ2) is 7.02. The van der Waals surface area contributed by atoms with Gasteiger partial charge in [0.2, 0.25) is 0 Å². The first kappa shape index (κ1) is 18.9. The summed E-state index contributed by atoms with van der Waals surface area (Å²) in [4.78, 5) is 32.5. The molecule has 0 atom stereocenters. The summed E-state index contributed by atoms with van der Waals surface area (Å²) in [6, 6.07) is 16.3. The van der Waals surface area contributed by atoms with Crippen molar-refractivity contribution in [2.75, 3.05) is 14.1 Å². The van der Waals surface area contributed by atoms with Crippen molar-refractivity contribution in [3.63, 3.8) is 0 Å². The van der Waals surface area contributed by atoms with Crippen LogP contribution in [0, 0.1) is 0 Å². The minimum absolute atomic E-state index is 0.0884. The summed E-state index contributed by atoms with van der Waals surface area (Å²) in [5.41, 5.74) is 2.14. The molecule has 1 aliphatic rings. The maximum atomic E-state index is 12.6. The van der Waals surface area contributed by atoms with Crippen LogP contribution in [0.1, 0.15) is 4.44 Å². The molecule has 6 nitrogen and oxygen atoms in total. The number of para-hydroxylation sites is 1. The third kappa shape index (κ3) is 2.76. The molecule has 0 aliphatic carbocycles. The molecule has 1 fully saturated rings. The fourth-order valence-electron chi connectivity index (χ4n) is 3.68. The minimum atomic E-state index is -0.369. The van der Waals surface area contributed by atoms with Gasteiger partial charge < -0.3 is 0 Å². The summed E-state index contributed by atoms with van der Waals surface area (Å²) in [5, 5.41) is 2.47. The average molecular weight is 479 g/mol. The van der Waals surface area contributed by atoms with E-state index in [0.29, 0.717) is 0 Å². The van der Waals surface area contributed by atoms with Crippen LogP contribution in [-0.4, -0.2) is 64.9 Å². The van der Waals surface area contributed by atoms with Gasteiger partial charge in [0.15, 0.2) is 0 Å². The van der Waals surface area contributed by atoms with Gasteiger partial charge in [-0.25, -0.2) is 0 Å². The molecule has 5 rings (SSSR count). The van der Waals surface area contributed by atoms with Crippen LogP contribution in [0.4, 0.5) is 0 Å². The summed E-state index contributed by atoms with van der Waals surface area (Å²) >= 11 is 5.07. The number of rotatable bonds is 2. The fraction of sp³-hybridized carbons (Fsp3) is 0.0909. The number of pyridine rings is 1. The Kier molecular flexibility index (Phi) is 4.43. The van der Waals surface area contributed by atoms with Gasteiger partial charge in [0, 0.05) is 0 Å². The molecule has 8 heteroatoms. The van der Waals surface area contributed by atoms with E-state index in [9.17, 15) is 9.59 Å². The summed E-state index contributed by atoms with van der Waals surface area (Å²) in [6.07, 6.45) is 3.49. The number of carbonyl (C=O) groups excluding carboxylic acids is 2. The summed E-state index contributed by atoms with van der Waals surface area (Å²) < 4.78 is 4.22. The van der Waals surface area contributed by atoms with Crippen LogP contribution in [0.3, 0.4) is 0 Å². The monoisotopic (exact) mass is 480 g/mol. The number of thiocarbonyl (C=S) groups is 1. The number of aromatic nitrogens is 2. The van der Waals surface area contributed by atoms with Gasteiger partial charge in [-0.1, -0.05) is 0 Å². The van der Waals surface area contributed by atoms with Gasteiger partial charge in [-0.2, -0.15) is 0 Å². The number of nitrogens with zero attached hydrogens (tertiary/aromatic N) is 4. The van der Waals surface area contributed by atoms with Crippen molar-refractivity contribution < 1.29 is 9.59 Å². The van der Waals surface area contributed by atoms with E-state index < -0.39 is 0 Å². The predicted octanol–water partition coefficient (Wildman–Crippen LogP) is 2.83. The molecule has 1 aliphatic heterocycles. The Hall–Kier alpha value is -3.06. The molecule has 4 aromatic rings. The van der Waals surface area contributed by atoms with Crippen LogP contribution in [-0.2, 0) is 9.59 Å². The van der Waals surface area contributed by atoms with Crippen LogP contribution in [0.2, 0.25) is 0 Å². The van der Waals surface area contributed by atoms with Crippen LogP contribution in [0.25, 0.3) is 32.6 Å². The second-order valence-electron chi connectivity index (χ2n) is 6.97. The van der Waals surface area contributed by atoms with Gasteiger partial charge in [-0.3, -0.25) is 0 Å². The van der Waals surface area contributed by atoms with Crippen molar-refractivity contribution in [2.24, 2.45) is 0 Å². The summed E-state index contributed by atoms with van der Waals surface area (Å²) in [5.74, 6) is -0.737. The van der Waals surface area contributed by atoms with Gasteiger partial charge in [0.05, 0.1) is 0 Å². The number of carbonyl (C=O) groups is 2. The molecule has 148 valence electrons. The topological polar surface area (TPSA) is 58.4 Å². The molecule has 3 aromatic heterocycles. The molecule has 1 aromatic carbocycles. The SMILES string of the molecule is CN1C(=O)C(=Cc2ccc(-n3c4ccccc4c4cccnc43)[se]2)C(=O)N(C)C1=S. The van der Waals surface area contributed by atoms with Gasteiger partial charge >= 0.3 is 184 Å². The van der Waals surface area contributed by atoms with E-state index in [2.05, 4.69) is 27.8 Å². The first-order valence-corrected chi connectivity index (χ1v) is 11.4. The van der Waals surface area contributed by atoms with E-state index in [0.717, 1.165) is 30.9 Å². The molecule has 1 saturated heterocycles. The Morgan fingerprint density at radius 1 is 0.933 bits per heavy atom. The second-order valence-corrected chi connectivity index (χ2v) is 9.63. The molecule has 4 heterocycles. The molecular weight excluding hydrogens is 463 g/mol. The predicted molar refractivity (Wildman–Crippen MR) is 122 cm³/mol. The Morgan fingerprint density at radius 2 is 1.63 bits per heavy atom. The fourth-order valence-corrected chi connectivity index (χ4v) is 5.87. The molecule has 0 spiro atoms. The first-order chi connectivity index (χ1) is 14.5. The van der Waals surface area contributed by atoms with Crippen molar-refractivity contribution in [3.8, 4) is 4.56 Å². The number of hydrogen-bond donors (Lipinski definition) is 0. The number of hydrogen-bond acceptors (Lipinski definition) is 4. The van der Waals surface area contributed by atoms with Crippen molar-refractivity contribution in [1.29, 1.82) is 0 Å². The van der Waals surface area contributed by atoms with Crippen LogP contribution < -0.4 is 0 Å². The Bertz CT molecular complexity index is 1320. The zero-order chi connectivity index (χ0) is 21.0. The van der Waals surface area contributed by atoms with Gasteiger partial charge in [-0.05, 0) is 0 Å². The molecule has 0 saturated carbocycles. The van der Waals surface area contributed by atoms with E-state index in [-0.39, 0.29) is 37.0 Å². The van der Waals surface area contributed by atoms with Crippen LogP contribution in [0.5, 0.6) is 0 Å². The average Bonchev–Trinajstić information content (AvgIpc) is 3.36. The van der Waals surface area contributed by atoms with E-state index in [1.54, 1.807) is 26.4 Å². The molecule has 30 heavy (non-hydrogen) atoms. The van der Waals surface area contributed by atoms with Gasteiger partial charge in [-0.15, -0.1) is 0 Å². The Morgan fingerprint density at radius 3 is 2.40 bits per heavy atom. The third-order valence-corrected chi connectivity index (χ3v) is 7.88. The Labute approximate surface area is 183 Å². The molecular formula is C22H16N4O2SSe. The van der Waals surface area contributed by atoms with Crippen molar-refractivity contribution in [2.45, 2.75) is 0 Å². The Balaban J connectivity index is 1.64. The summed E-state index contributed by atoms with van der Waals surface area (Å²) in [7, 11) is 3.17. The molecule has 0 unspecified atom stereocenters. The number of benzene rings is 1. The first-order valence-electron chi connectivity index (χ1n) is 9.23. The molecule has 2 amide bonds. The zero-order valence-electron chi connectivity index (χ0n) is 16.2. The van der Waals surface area contributed by atoms with Gasteiger partial charge in [0.25, 0.3) is 0 Å². The zero-order valence-corrected chi connectivity index (χ0v) is 18.7. The quantitative estimate of drug-likeness (QED) is 0.192. The van der Waals surface area contributed by atoms with Crippen LogP contribution in [0.15, 0.2) is 60.3 Å². The molecule has 0 bridgehead atoms. The van der Waals surface area contributed by atoms with E-state index >= 15 is 0 Å². The number of amides is 2. The van der Waals surface area contributed by atoms with Crippen LogP contribution >= 0.6 is 12.2 Å². The van der Waals surface area contributed by atoms with E-state index in [1.165, 1.54) is 9.80 Å².